The lowest BCUT2D eigenvalue weighted by molar-refractivity contribution is -0.152. The predicted molar refractivity (Wildman–Crippen MR) is 148 cm³/mol. The first-order chi connectivity index (χ1) is 15.5. The summed E-state index contributed by atoms with van der Waals surface area (Å²) in [6.07, 6.45) is 22.4. The molecule has 194 valence electrons. The lowest BCUT2D eigenvalue weighted by Gasteiger charge is -2.26. The molecule has 33 heavy (non-hydrogen) atoms. The second kappa shape index (κ2) is 19.6. The van der Waals surface area contributed by atoms with Crippen molar-refractivity contribution in [3.63, 3.8) is 0 Å². The average molecular weight is 499 g/mol. The van der Waals surface area contributed by atoms with Gasteiger partial charge in [-0.25, -0.2) is 0 Å². The van der Waals surface area contributed by atoms with E-state index in [0.29, 0.717) is 19.6 Å². The Hall–Kier alpha value is -0.696. The molecule has 0 rings (SSSR count). The molecule has 0 saturated heterocycles. The van der Waals surface area contributed by atoms with Crippen LogP contribution in [0.5, 0.6) is 0 Å². The molecule has 6 heteroatoms. The van der Waals surface area contributed by atoms with Gasteiger partial charge in [0, 0.05) is 6.42 Å². The maximum Gasteiger partial charge on any atom is 0.306 e. The summed E-state index contributed by atoms with van der Waals surface area (Å²) >= 11 is 0. The number of unbranched alkanes of at least 4 members (excludes halogenated alkanes) is 8. The molecule has 0 amide bonds. The van der Waals surface area contributed by atoms with Crippen LogP contribution in [0.4, 0.5) is 0 Å². The average Bonchev–Trinajstić information content (AvgIpc) is 2.71. The molecule has 0 fully saturated rings. The Morgan fingerprint density at radius 1 is 0.697 bits per heavy atom. The molecule has 0 aromatic carbocycles. The first-order valence-electron chi connectivity index (χ1n) is 13.3. The molecular weight excluding hydrogens is 444 g/mol. The van der Waals surface area contributed by atoms with Crippen LogP contribution < -0.4 is 0 Å². The van der Waals surface area contributed by atoms with Crippen molar-refractivity contribution >= 4 is 22.6 Å². The van der Waals surface area contributed by atoms with E-state index in [4.69, 9.17) is 13.6 Å². The molecule has 0 aliphatic rings. The van der Waals surface area contributed by atoms with E-state index < -0.39 is 16.6 Å². The summed E-state index contributed by atoms with van der Waals surface area (Å²) in [4.78, 5) is 12.3. The van der Waals surface area contributed by atoms with E-state index in [1.165, 1.54) is 44.9 Å². The fourth-order valence-corrected chi connectivity index (χ4v) is 4.50. The molecule has 0 heterocycles. The number of allylic oxidation sites excluding steroid dienone is 4. The molecule has 0 radical (unpaired) electrons. The number of carbonyl (C=O) groups is 1. The summed E-state index contributed by atoms with van der Waals surface area (Å²) in [5, 5.41) is 0. The van der Waals surface area contributed by atoms with Gasteiger partial charge in [0.05, 0.1) is 13.2 Å². The monoisotopic (exact) mass is 498 g/mol. The molecule has 0 aromatic rings. The third kappa shape index (κ3) is 25.8. The van der Waals surface area contributed by atoms with Crippen LogP contribution >= 0.6 is 0 Å². The Morgan fingerprint density at radius 3 is 1.70 bits per heavy atom. The smallest absolute Gasteiger partial charge is 0.306 e. The van der Waals surface area contributed by atoms with E-state index in [1.54, 1.807) is 0 Å². The molecule has 4 nitrogen and oxygen atoms in total. The third-order valence-corrected chi connectivity index (χ3v) is 7.10. The van der Waals surface area contributed by atoms with Crippen molar-refractivity contribution < 1.29 is 18.4 Å². The number of esters is 1. The highest BCUT2D eigenvalue weighted by Crippen LogP contribution is 2.12. The highest BCUT2D eigenvalue weighted by Gasteiger charge is 2.23. The SMILES string of the molecule is CCCCCC=CCC=CCCCCCCCC(=O)OC(CO[Si](C)(C)C)CO[Si](C)(C)C. The molecule has 0 aliphatic carbocycles. The lowest BCUT2D eigenvalue weighted by Crippen LogP contribution is -2.38. The van der Waals surface area contributed by atoms with Gasteiger partial charge in [-0.2, -0.15) is 0 Å². The topological polar surface area (TPSA) is 44.8 Å². The first kappa shape index (κ1) is 32.3. The quantitative estimate of drug-likeness (QED) is 0.0689. The van der Waals surface area contributed by atoms with Crippen molar-refractivity contribution in [3.8, 4) is 0 Å². The van der Waals surface area contributed by atoms with Gasteiger partial charge < -0.3 is 13.6 Å². The van der Waals surface area contributed by atoms with Crippen LogP contribution in [0.2, 0.25) is 39.3 Å². The van der Waals surface area contributed by atoms with Gasteiger partial charge in [0.15, 0.2) is 16.6 Å². The third-order valence-electron chi connectivity index (χ3n) is 5.03. The molecule has 0 aromatic heterocycles. The fourth-order valence-electron chi connectivity index (χ4n) is 3.13. The van der Waals surface area contributed by atoms with E-state index in [-0.39, 0.29) is 12.1 Å². The number of hydrogen-bond acceptors (Lipinski definition) is 4. The molecule has 0 spiro atoms. The van der Waals surface area contributed by atoms with Gasteiger partial charge in [0.1, 0.15) is 6.10 Å². The Morgan fingerprint density at radius 2 is 1.18 bits per heavy atom. The molecule has 0 aliphatic heterocycles. The van der Waals surface area contributed by atoms with E-state index in [2.05, 4.69) is 70.5 Å². The highest BCUT2D eigenvalue weighted by molar-refractivity contribution is 6.70. The van der Waals surface area contributed by atoms with Crippen LogP contribution in [0.3, 0.4) is 0 Å². The Labute approximate surface area is 207 Å². The number of rotatable bonds is 21. The fraction of sp³-hybridized carbons (Fsp3) is 0.815. The summed E-state index contributed by atoms with van der Waals surface area (Å²) in [6, 6.07) is 0. The molecule has 0 unspecified atom stereocenters. The van der Waals surface area contributed by atoms with Crippen LogP contribution in [0, 0.1) is 0 Å². The molecule has 0 N–H and O–H groups in total. The predicted octanol–water partition coefficient (Wildman–Crippen LogP) is 8.41. The van der Waals surface area contributed by atoms with E-state index in [1.807, 2.05) is 0 Å². The minimum absolute atomic E-state index is 0.121. The number of carbonyl (C=O) groups excluding carboxylic acids is 1. The van der Waals surface area contributed by atoms with Crippen molar-refractivity contribution in [2.45, 2.75) is 129 Å². The summed E-state index contributed by atoms with van der Waals surface area (Å²) in [7, 11) is -3.31. The number of hydrogen-bond donors (Lipinski definition) is 0. The summed E-state index contributed by atoms with van der Waals surface area (Å²) in [6.45, 7) is 16.0. The molecule has 0 saturated carbocycles. The van der Waals surface area contributed by atoms with Gasteiger partial charge in [0.2, 0.25) is 0 Å². The van der Waals surface area contributed by atoms with Crippen molar-refractivity contribution in [2.24, 2.45) is 0 Å². The van der Waals surface area contributed by atoms with Crippen molar-refractivity contribution in [1.82, 2.24) is 0 Å². The van der Waals surface area contributed by atoms with Gasteiger partial charge >= 0.3 is 5.97 Å². The van der Waals surface area contributed by atoms with E-state index in [9.17, 15) is 4.79 Å². The largest absolute Gasteiger partial charge is 0.458 e. The maximum absolute atomic E-state index is 12.3. The van der Waals surface area contributed by atoms with Gasteiger partial charge in [-0.1, -0.05) is 63.3 Å². The van der Waals surface area contributed by atoms with E-state index >= 15 is 0 Å². The van der Waals surface area contributed by atoms with Crippen molar-refractivity contribution in [2.75, 3.05) is 13.2 Å². The van der Waals surface area contributed by atoms with Crippen LogP contribution in [-0.2, 0) is 18.4 Å². The standard InChI is InChI=1S/C27H54O4Si2/c1-8-9-10-11-12-13-14-15-16-17-18-19-20-21-22-23-27(28)31-26(24-29-32(2,3)4)25-30-33(5,6)7/h12-13,15-16,26H,8-11,14,17-25H2,1-7H3. The Bertz CT molecular complexity index is 515. The number of ether oxygens (including phenoxy) is 1. The van der Waals surface area contributed by atoms with Gasteiger partial charge in [-0.05, 0) is 77.8 Å². The zero-order chi connectivity index (χ0) is 25.0. The van der Waals surface area contributed by atoms with E-state index in [0.717, 1.165) is 25.7 Å². The Balaban J connectivity index is 3.88. The summed E-state index contributed by atoms with van der Waals surface area (Å²) < 4.78 is 17.7. The molecular formula is C27H54O4Si2. The van der Waals surface area contributed by atoms with Crippen molar-refractivity contribution in [3.05, 3.63) is 24.3 Å². The normalized spacial score (nSPS) is 13.0. The maximum atomic E-state index is 12.3. The van der Waals surface area contributed by atoms with Crippen LogP contribution in [0.25, 0.3) is 0 Å². The van der Waals surface area contributed by atoms with Crippen LogP contribution in [0.1, 0.15) is 84.0 Å². The minimum atomic E-state index is -1.65. The lowest BCUT2D eigenvalue weighted by atomic mass is 10.1. The van der Waals surface area contributed by atoms with Gasteiger partial charge in [-0.3, -0.25) is 4.79 Å². The van der Waals surface area contributed by atoms with Crippen molar-refractivity contribution in [1.29, 1.82) is 0 Å². The second-order valence-corrected chi connectivity index (χ2v) is 20.0. The minimum Gasteiger partial charge on any atom is -0.458 e. The zero-order valence-corrected chi connectivity index (χ0v) is 24.9. The van der Waals surface area contributed by atoms with Crippen LogP contribution in [0.15, 0.2) is 24.3 Å². The molecule has 0 bridgehead atoms. The highest BCUT2D eigenvalue weighted by atomic mass is 28.4. The van der Waals surface area contributed by atoms with Gasteiger partial charge in [0.25, 0.3) is 0 Å². The second-order valence-electron chi connectivity index (χ2n) is 10.9. The summed E-state index contributed by atoms with van der Waals surface area (Å²) in [5.74, 6) is -0.121. The zero-order valence-electron chi connectivity index (χ0n) is 22.9. The first-order valence-corrected chi connectivity index (χ1v) is 20.1. The Kier molecular flexibility index (Phi) is 19.2. The molecule has 0 atom stereocenters. The van der Waals surface area contributed by atoms with Crippen LogP contribution in [-0.4, -0.2) is 41.9 Å². The van der Waals surface area contributed by atoms with Gasteiger partial charge in [-0.15, -0.1) is 0 Å². The summed E-state index contributed by atoms with van der Waals surface area (Å²) in [5.41, 5.74) is 0.